The molecule has 0 aliphatic heterocycles. The fraction of sp³-hybridized carbons (Fsp3) is 0.378. The van der Waals surface area contributed by atoms with Gasteiger partial charge in [-0.05, 0) is 42.4 Å². The lowest BCUT2D eigenvalue weighted by Crippen LogP contribution is -2.43. The van der Waals surface area contributed by atoms with Crippen LogP contribution >= 0.6 is 12.4 Å². The third-order valence-electron chi connectivity index (χ3n) is 7.44. The lowest BCUT2D eigenvalue weighted by Gasteiger charge is -2.19. The molecule has 0 saturated heterocycles. The number of hydrogen-bond acceptors (Lipinski definition) is 9. The first kappa shape index (κ1) is 42.8. The van der Waals surface area contributed by atoms with Gasteiger partial charge in [-0.3, -0.25) is 9.59 Å². The van der Waals surface area contributed by atoms with Crippen LogP contribution in [-0.4, -0.2) is 68.4 Å². The third kappa shape index (κ3) is 19.2. The molecule has 52 heavy (non-hydrogen) atoms. The monoisotopic (exact) mass is 740 g/mol. The highest BCUT2D eigenvalue weighted by atomic mass is 35.5. The summed E-state index contributed by atoms with van der Waals surface area (Å²) in [6.07, 6.45) is -0.245. The van der Waals surface area contributed by atoms with Crippen LogP contribution in [-0.2, 0) is 43.6 Å². The number of nitrogens with one attached hydrogen (secondary N) is 5. The van der Waals surface area contributed by atoms with Crippen LogP contribution in [0.15, 0.2) is 91.0 Å². The van der Waals surface area contributed by atoms with Gasteiger partial charge in [0.1, 0.15) is 19.8 Å². The predicted molar refractivity (Wildman–Crippen MR) is 197 cm³/mol. The fourth-order valence-corrected chi connectivity index (χ4v) is 4.70. The Morgan fingerprint density at radius 3 is 1.48 bits per heavy atom. The molecule has 0 heterocycles. The van der Waals surface area contributed by atoms with Gasteiger partial charge >= 0.3 is 18.3 Å². The second-order valence-corrected chi connectivity index (χ2v) is 11.6. The molecule has 0 aromatic heterocycles. The van der Waals surface area contributed by atoms with Crippen LogP contribution in [0, 0.1) is 0 Å². The molecular weight excluding hydrogens is 692 g/mol. The number of nitrogens with two attached hydrogens (primary N) is 1. The Labute approximate surface area is 310 Å². The standard InChI is InChI=1S/C37H48N6O8.ClH/c38-32(19-11-21-41-35(46)49-25-28-12-4-1-5-13-28)34(45)40-20-10-18-31(43-37(48)51-27-30-16-8-3-9-17-30)24-33(44)39-22-23-42-36(47)50-26-29-14-6-2-7-15-29;/h1-9,12-17,31-32H,10-11,18-27,38H2,(H,39,44)(H,40,45)(H,41,46)(H,42,47)(H,43,48);1H/t31-,32-;/m0./s1. The first-order valence-corrected chi connectivity index (χ1v) is 16.9. The molecule has 3 aromatic rings. The summed E-state index contributed by atoms with van der Waals surface area (Å²) in [4.78, 5) is 61.6. The smallest absolute Gasteiger partial charge is 0.407 e. The van der Waals surface area contributed by atoms with Gasteiger partial charge in [0.05, 0.1) is 6.04 Å². The molecule has 3 aromatic carbocycles. The molecule has 0 radical (unpaired) electrons. The Morgan fingerprint density at radius 1 is 0.538 bits per heavy atom. The second kappa shape index (κ2) is 25.6. The molecule has 0 fully saturated rings. The van der Waals surface area contributed by atoms with Crippen LogP contribution in [0.1, 0.15) is 48.8 Å². The van der Waals surface area contributed by atoms with Crippen LogP contribution in [0.3, 0.4) is 0 Å². The highest BCUT2D eigenvalue weighted by Crippen LogP contribution is 2.06. The summed E-state index contributed by atoms with van der Waals surface area (Å²) in [5, 5.41) is 13.5. The van der Waals surface area contributed by atoms with Crippen molar-refractivity contribution in [1.29, 1.82) is 0 Å². The highest BCUT2D eigenvalue weighted by molar-refractivity contribution is 5.85. The quantitative estimate of drug-likeness (QED) is 0.0689. The number of carbonyl (C=O) groups excluding carboxylic acids is 5. The van der Waals surface area contributed by atoms with E-state index in [1.807, 2.05) is 91.0 Å². The van der Waals surface area contributed by atoms with Crippen molar-refractivity contribution in [2.75, 3.05) is 26.2 Å². The fourth-order valence-electron chi connectivity index (χ4n) is 4.70. The lowest BCUT2D eigenvalue weighted by molar-refractivity contribution is -0.123. The predicted octanol–water partition coefficient (Wildman–Crippen LogP) is 4.07. The van der Waals surface area contributed by atoms with Crippen molar-refractivity contribution in [3.8, 4) is 0 Å². The van der Waals surface area contributed by atoms with E-state index < -0.39 is 30.4 Å². The van der Waals surface area contributed by atoms with Gasteiger partial charge in [-0.15, -0.1) is 12.4 Å². The molecule has 0 saturated carbocycles. The van der Waals surface area contributed by atoms with Crippen molar-refractivity contribution in [2.24, 2.45) is 5.73 Å². The average Bonchev–Trinajstić information content (AvgIpc) is 3.15. The maximum atomic E-state index is 12.7. The second-order valence-electron chi connectivity index (χ2n) is 11.6. The average molecular weight is 741 g/mol. The van der Waals surface area contributed by atoms with Gasteiger partial charge in [0.2, 0.25) is 11.8 Å². The molecule has 3 rings (SSSR count). The Kier molecular flexibility index (Phi) is 21.1. The Balaban J connectivity index is 0.00000936. The maximum Gasteiger partial charge on any atom is 0.407 e. The van der Waals surface area contributed by atoms with Gasteiger partial charge in [0.15, 0.2) is 0 Å². The number of alkyl carbamates (subject to hydrolysis) is 3. The lowest BCUT2D eigenvalue weighted by atomic mass is 10.1. The molecule has 0 unspecified atom stereocenters. The summed E-state index contributed by atoms with van der Waals surface area (Å²) in [7, 11) is 0. The maximum absolute atomic E-state index is 12.7. The number of amides is 5. The number of ether oxygens (including phenoxy) is 3. The minimum Gasteiger partial charge on any atom is -0.445 e. The van der Waals surface area contributed by atoms with E-state index in [4.69, 9.17) is 19.9 Å². The Bertz CT molecular complexity index is 1490. The van der Waals surface area contributed by atoms with Crippen molar-refractivity contribution in [2.45, 2.75) is 64.0 Å². The van der Waals surface area contributed by atoms with E-state index in [0.717, 1.165) is 16.7 Å². The molecule has 5 amide bonds. The summed E-state index contributed by atoms with van der Waals surface area (Å²) < 4.78 is 15.6. The van der Waals surface area contributed by atoms with Crippen molar-refractivity contribution in [3.05, 3.63) is 108 Å². The molecule has 0 aliphatic carbocycles. The molecule has 15 heteroatoms. The van der Waals surface area contributed by atoms with Gasteiger partial charge in [-0.1, -0.05) is 91.0 Å². The van der Waals surface area contributed by atoms with Gasteiger partial charge in [-0.25, -0.2) is 14.4 Å². The van der Waals surface area contributed by atoms with E-state index in [2.05, 4.69) is 26.6 Å². The Morgan fingerprint density at radius 2 is 0.962 bits per heavy atom. The van der Waals surface area contributed by atoms with Crippen molar-refractivity contribution in [1.82, 2.24) is 26.6 Å². The first-order chi connectivity index (χ1) is 24.8. The van der Waals surface area contributed by atoms with Crippen molar-refractivity contribution >= 4 is 42.5 Å². The summed E-state index contributed by atoms with van der Waals surface area (Å²) in [5.74, 6) is -0.688. The SMILES string of the molecule is Cl.N[C@@H](CCCNC(=O)OCc1ccccc1)C(=O)NCCC[C@@H](CC(=O)NCCNC(=O)OCc1ccccc1)NC(=O)OCc1ccccc1. The first-order valence-electron chi connectivity index (χ1n) is 16.9. The summed E-state index contributed by atoms with van der Waals surface area (Å²) in [6.45, 7) is 1.24. The minimum absolute atomic E-state index is 0. The summed E-state index contributed by atoms with van der Waals surface area (Å²) in [6, 6.07) is 26.4. The van der Waals surface area contributed by atoms with Gasteiger partial charge < -0.3 is 46.5 Å². The van der Waals surface area contributed by atoms with Crippen LogP contribution in [0.5, 0.6) is 0 Å². The largest absolute Gasteiger partial charge is 0.445 e. The zero-order chi connectivity index (χ0) is 36.5. The molecule has 0 bridgehead atoms. The van der Waals surface area contributed by atoms with Crippen molar-refractivity contribution < 1.29 is 38.2 Å². The van der Waals surface area contributed by atoms with E-state index in [9.17, 15) is 24.0 Å². The van der Waals surface area contributed by atoms with E-state index in [1.165, 1.54) is 0 Å². The number of rotatable bonds is 21. The normalized spacial score (nSPS) is 11.4. The number of benzene rings is 3. The van der Waals surface area contributed by atoms with Crippen LogP contribution in [0.2, 0.25) is 0 Å². The molecule has 282 valence electrons. The van der Waals surface area contributed by atoms with Crippen LogP contribution in [0.25, 0.3) is 0 Å². The topological polar surface area (TPSA) is 199 Å². The van der Waals surface area contributed by atoms with E-state index >= 15 is 0 Å². The van der Waals surface area contributed by atoms with Crippen LogP contribution in [0.4, 0.5) is 14.4 Å². The zero-order valence-electron chi connectivity index (χ0n) is 29.1. The van der Waals surface area contributed by atoms with E-state index in [1.54, 1.807) is 0 Å². The summed E-state index contributed by atoms with van der Waals surface area (Å²) >= 11 is 0. The molecular formula is C37H49ClN6O8. The van der Waals surface area contributed by atoms with Gasteiger partial charge in [0.25, 0.3) is 0 Å². The van der Waals surface area contributed by atoms with Gasteiger partial charge in [-0.2, -0.15) is 0 Å². The van der Waals surface area contributed by atoms with Crippen molar-refractivity contribution in [3.63, 3.8) is 0 Å². The number of halogens is 1. The third-order valence-corrected chi connectivity index (χ3v) is 7.44. The molecule has 0 aliphatic rings. The van der Waals surface area contributed by atoms with E-state index in [-0.39, 0.29) is 70.1 Å². The zero-order valence-corrected chi connectivity index (χ0v) is 29.9. The molecule has 7 N–H and O–H groups in total. The van der Waals surface area contributed by atoms with E-state index in [0.29, 0.717) is 32.2 Å². The number of carbonyl (C=O) groups is 5. The highest BCUT2D eigenvalue weighted by Gasteiger charge is 2.18. The molecule has 14 nitrogen and oxygen atoms in total. The summed E-state index contributed by atoms with van der Waals surface area (Å²) in [5.41, 5.74) is 8.57. The molecule has 2 atom stereocenters. The Hall–Kier alpha value is -5.34. The minimum atomic E-state index is -0.774. The van der Waals surface area contributed by atoms with Gasteiger partial charge in [0, 0.05) is 38.6 Å². The van der Waals surface area contributed by atoms with Crippen LogP contribution < -0.4 is 32.3 Å². The number of hydrogen-bond donors (Lipinski definition) is 6. The molecule has 0 spiro atoms.